The predicted octanol–water partition coefficient (Wildman–Crippen LogP) is 5.61. The van der Waals surface area contributed by atoms with Crippen LogP contribution in [0.1, 0.15) is 0 Å². The number of non-ortho nitro benzene ring substituents is 1. The number of fused-ring (bicyclic) bond motifs is 1. The van der Waals surface area contributed by atoms with Gasteiger partial charge in [0.2, 0.25) is 0 Å². The summed E-state index contributed by atoms with van der Waals surface area (Å²) >= 11 is 0. The van der Waals surface area contributed by atoms with Gasteiger partial charge in [0.1, 0.15) is 26.9 Å². The summed E-state index contributed by atoms with van der Waals surface area (Å²) in [4.78, 5) is 8.43. The number of rotatable bonds is 10. The van der Waals surface area contributed by atoms with Crippen molar-refractivity contribution in [3.63, 3.8) is 0 Å². The number of nitro benzene ring substituents is 1. The Morgan fingerprint density at radius 2 is 1.04 bits per heavy atom. The average Bonchev–Trinajstić information content (AvgIpc) is 3.13. The van der Waals surface area contributed by atoms with Gasteiger partial charge in [0.05, 0.1) is 38.7 Å². The van der Waals surface area contributed by atoms with Gasteiger partial charge in [-0.2, -0.15) is 32.2 Å². The summed E-state index contributed by atoms with van der Waals surface area (Å²) in [5.41, 5.74) is 19.3. The molecule has 6 rings (SSSR count). The molecule has 0 atom stereocenters. The van der Waals surface area contributed by atoms with Gasteiger partial charge in [-0.1, -0.05) is 24.3 Å². The molecule has 278 valence electrons. The number of phenols is 1. The number of nitrogens with zero attached hydrogens (tertiary/aromatic N) is 7. The Bertz CT molecular complexity index is 2820. The van der Waals surface area contributed by atoms with E-state index in [4.69, 9.17) is 17.2 Å². The average molecular weight is 806 g/mol. The number of aromatic hydroxyl groups is 1. The van der Waals surface area contributed by atoms with Gasteiger partial charge in [0, 0.05) is 17.8 Å². The second-order valence-corrected chi connectivity index (χ2v) is 14.3. The van der Waals surface area contributed by atoms with Crippen LogP contribution >= 0.6 is 0 Å². The van der Waals surface area contributed by atoms with E-state index in [-0.39, 0.29) is 57.4 Å². The van der Waals surface area contributed by atoms with E-state index < -0.39 is 57.8 Å². The SMILES string of the molecule is Nc1ccc(N=Nc2ccc(-c3ccc(N=Nc4c(S(=O)(=O)O)cc5cc(S(=O)(=O)O)c(N=Nc6ccc([N+](=O)[O-])cc6)c(N)c5c4O)cc3)cc2)c(N)c1.[Na+]. The van der Waals surface area contributed by atoms with Gasteiger partial charge in [0.25, 0.3) is 25.9 Å². The number of benzene rings is 6. The van der Waals surface area contributed by atoms with Crippen LogP contribution in [0.15, 0.2) is 144 Å². The van der Waals surface area contributed by atoms with Crippen LogP contribution in [0.25, 0.3) is 21.9 Å². The van der Waals surface area contributed by atoms with Crippen molar-refractivity contribution in [3.05, 3.63) is 113 Å². The number of nitrogens with two attached hydrogens (primary N) is 3. The molecule has 0 fully saturated rings. The van der Waals surface area contributed by atoms with Gasteiger partial charge < -0.3 is 22.3 Å². The van der Waals surface area contributed by atoms with Crippen LogP contribution in [0.4, 0.5) is 56.9 Å². The third-order valence-corrected chi connectivity index (χ3v) is 9.59. The molecule has 22 heteroatoms. The van der Waals surface area contributed by atoms with E-state index in [1.165, 1.54) is 12.1 Å². The molecular formula is C34H26N10NaO9S2+. The fraction of sp³-hybridized carbons (Fsp3) is 0. The molecule has 0 aliphatic carbocycles. The van der Waals surface area contributed by atoms with Gasteiger partial charge in [-0.25, -0.2) is 0 Å². The Kier molecular flexibility index (Phi) is 11.9. The van der Waals surface area contributed by atoms with E-state index >= 15 is 0 Å². The number of hydrogen-bond donors (Lipinski definition) is 6. The number of azo groups is 3. The van der Waals surface area contributed by atoms with Crippen molar-refractivity contribution >= 4 is 87.9 Å². The maximum atomic E-state index is 12.4. The monoisotopic (exact) mass is 805 g/mol. The minimum atomic E-state index is -5.13. The third-order valence-electron chi connectivity index (χ3n) is 7.85. The van der Waals surface area contributed by atoms with Crippen LogP contribution in [0, 0.1) is 10.1 Å². The molecule has 0 saturated heterocycles. The number of nitrogen functional groups attached to an aromatic ring is 3. The van der Waals surface area contributed by atoms with Crippen LogP contribution in [0.3, 0.4) is 0 Å². The molecule has 0 bridgehead atoms. The zero-order chi connectivity index (χ0) is 39.7. The van der Waals surface area contributed by atoms with Crippen LogP contribution in [-0.4, -0.2) is 36.0 Å². The van der Waals surface area contributed by atoms with Crippen molar-refractivity contribution < 1.29 is 65.5 Å². The minimum absolute atomic E-state index is 0. The zero-order valence-electron chi connectivity index (χ0n) is 28.8. The molecule has 0 saturated carbocycles. The molecule has 9 N–H and O–H groups in total. The van der Waals surface area contributed by atoms with Gasteiger partial charge in [-0.3, -0.25) is 19.2 Å². The summed E-state index contributed by atoms with van der Waals surface area (Å²) in [6.07, 6.45) is 0. The Labute approximate surface area is 339 Å². The maximum absolute atomic E-state index is 12.4. The summed E-state index contributed by atoms with van der Waals surface area (Å²) in [6, 6.07) is 24.6. The predicted molar refractivity (Wildman–Crippen MR) is 202 cm³/mol. The number of hydrogen-bond acceptors (Lipinski definition) is 16. The van der Waals surface area contributed by atoms with Gasteiger partial charge in [-0.05, 0) is 83.2 Å². The van der Waals surface area contributed by atoms with Crippen molar-refractivity contribution in [1.29, 1.82) is 0 Å². The molecule has 0 heterocycles. The Balaban J connectivity index is 0.00000600. The number of nitro groups is 1. The fourth-order valence-corrected chi connectivity index (χ4v) is 6.51. The number of anilines is 3. The largest absolute Gasteiger partial charge is 1.00 e. The molecule has 6 aromatic carbocycles. The van der Waals surface area contributed by atoms with Crippen molar-refractivity contribution in [1.82, 2.24) is 0 Å². The molecule has 0 unspecified atom stereocenters. The van der Waals surface area contributed by atoms with Crippen molar-refractivity contribution in [2.75, 3.05) is 17.2 Å². The van der Waals surface area contributed by atoms with Crippen molar-refractivity contribution in [2.45, 2.75) is 9.79 Å². The fourth-order valence-electron chi connectivity index (χ4n) is 5.18. The summed E-state index contributed by atoms with van der Waals surface area (Å²) in [7, 11) is -10.2. The van der Waals surface area contributed by atoms with E-state index in [2.05, 4.69) is 30.7 Å². The molecule has 56 heavy (non-hydrogen) atoms. The van der Waals surface area contributed by atoms with Crippen LogP contribution < -0.4 is 46.8 Å². The van der Waals surface area contributed by atoms with Crippen molar-refractivity contribution in [3.8, 4) is 16.9 Å². The second-order valence-electron chi connectivity index (χ2n) is 11.5. The number of phenolic OH excluding ortho intramolecular Hbond substituents is 1. The van der Waals surface area contributed by atoms with Gasteiger partial charge >= 0.3 is 29.6 Å². The molecule has 0 spiro atoms. The van der Waals surface area contributed by atoms with Crippen LogP contribution in [0.5, 0.6) is 5.75 Å². The minimum Gasteiger partial charge on any atom is -0.505 e. The smallest absolute Gasteiger partial charge is 0.505 e. The topological polar surface area (TPSA) is 324 Å². The van der Waals surface area contributed by atoms with Gasteiger partial charge in [0.15, 0.2) is 5.75 Å². The van der Waals surface area contributed by atoms with Crippen molar-refractivity contribution in [2.24, 2.45) is 30.7 Å². The standard InChI is InChI=1S/C34H26N10O9S2.Na/c35-21-5-14-27(26(36)17-21)41-38-22-6-1-18(2-7-22)19-3-8-23(9-4-19)40-43-33-29(55(51,52)53)16-20-15-28(54(48,49)50)32(31(37)30(20)34(33)45)42-39-24-10-12-25(13-11-24)44(46)47;/h1-17,45H,35-37H2,(H,48,49,50)(H,51,52,53);/q;+1. The summed E-state index contributed by atoms with van der Waals surface area (Å²) in [5, 5.41) is 45.4. The first-order valence-electron chi connectivity index (χ1n) is 15.4. The zero-order valence-corrected chi connectivity index (χ0v) is 32.4. The van der Waals surface area contributed by atoms with E-state index in [1.54, 1.807) is 66.7 Å². The van der Waals surface area contributed by atoms with Crippen LogP contribution in [-0.2, 0) is 20.2 Å². The first-order valence-corrected chi connectivity index (χ1v) is 18.3. The first-order chi connectivity index (χ1) is 26.0. The molecule has 6 aromatic rings. The summed E-state index contributed by atoms with van der Waals surface area (Å²) in [5.74, 6) is -0.937. The Morgan fingerprint density at radius 3 is 1.50 bits per heavy atom. The first kappa shape index (κ1) is 41.0. The molecule has 0 radical (unpaired) electrons. The molecular weight excluding hydrogens is 780 g/mol. The quantitative estimate of drug-likeness (QED) is 0.0246. The van der Waals surface area contributed by atoms with E-state index in [1.807, 2.05) is 0 Å². The normalized spacial score (nSPS) is 12.1. The summed E-state index contributed by atoms with van der Waals surface area (Å²) < 4.78 is 69.5. The third kappa shape index (κ3) is 9.01. The van der Waals surface area contributed by atoms with E-state index in [9.17, 15) is 41.2 Å². The molecule has 19 nitrogen and oxygen atoms in total. The Hall–Kier alpha value is -6.20. The Morgan fingerprint density at radius 1 is 0.589 bits per heavy atom. The van der Waals surface area contributed by atoms with Crippen LogP contribution in [0.2, 0.25) is 0 Å². The van der Waals surface area contributed by atoms with E-state index in [0.717, 1.165) is 35.4 Å². The van der Waals surface area contributed by atoms with Gasteiger partial charge in [-0.15, -0.1) is 15.3 Å². The van der Waals surface area contributed by atoms with E-state index in [0.29, 0.717) is 22.7 Å². The molecule has 0 amide bonds. The summed E-state index contributed by atoms with van der Waals surface area (Å²) in [6.45, 7) is 0. The second kappa shape index (κ2) is 16.3. The maximum Gasteiger partial charge on any atom is 1.00 e. The molecule has 0 aromatic heterocycles. The molecule has 0 aliphatic rings. The molecule has 0 aliphatic heterocycles.